The number of hydrogen-bond acceptors (Lipinski definition) is 8. The largest absolute Gasteiger partial charge is 0.508 e. The number of nitrogens with one attached hydrogen (secondary N) is 3. The van der Waals surface area contributed by atoms with Gasteiger partial charge in [0.2, 0.25) is 17.7 Å². The van der Waals surface area contributed by atoms with Crippen LogP contribution in [0, 0.1) is 5.92 Å². The van der Waals surface area contributed by atoms with Crippen molar-refractivity contribution >= 4 is 23.7 Å². The van der Waals surface area contributed by atoms with Crippen molar-refractivity contribution in [3.05, 3.63) is 59.7 Å². The number of aromatic hydroxyl groups is 2. The van der Waals surface area contributed by atoms with E-state index in [1.807, 2.05) is 0 Å². The lowest BCUT2D eigenvalue weighted by Gasteiger charge is -2.25. The molecule has 0 aliphatic heterocycles. The molecular weight excluding hydrogens is 496 g/mol. The van der Waals surface area contributed by atoms with Crippen molar-refractivity contribution in [2.45, 2.75) is 50.9 Å². The molecule has 0 fully saturated rings. The van der Waals surface area contributed by atoms with Crippen LogP contribution in [0.3, 0.4) is 0 Å². The Labute approximate surface area is 219 Å². The van der Waals surface area contributed by atoms with Crippen molar-refractivity contribution in [2.75, 3.05) is 6.61 Å². The molecule has 0 heterocycles. The van der Waals surface area contributed by atoms with E-state index in [1.165, 1.54) is 48.5 Å². The smallest absolute Gasteiger partial charge is 0.326 e. The maximum atomic E-state index is 13.2. The number of phenolic OH excluding ortho intramolecular Hbond substituents is 2. The van der Waals surface area contributed by atoms with Gasteiger partial charge in [-0.2, -0.15) is 0 Å². The lowest BCUT2D eigenvalue weighted by atomic mass is 10.0. The molecule has 0 saturated heterocycles. The molecule has 0 spiro atoms. The summed E-state index contributed by atoms with van der Waals surface area (Å²) in [6, 6.07) is 6.66. The molecular formula is C26H34N4O8. The first kappa shape index (κ1) is 30.1. The third kappa shape index (κ3) is 9.05. The fourth-order valence-corrected chi connectivity index (χ4v) is 3.45. The van der Waals surface area contributed by atoms with Gasteiger partial charge in [-0.3, -0.25) is 14.4 Å². The normalized spacial score (nSPS) is 14.1. The van der Waals surface area contributed by atoms with Gasteiger partial charge in [0.25, 0.3) is 0 Å². The van der Waals surface area contributed by atoms with Gasteiger partial charge in [0.15, 0.2) is 0 Å². The highest BCUT2D eigenvalue weighted by Gasteiger charge is 2.31. The molecule has 0 aliphatic rings. The van der Waals surface area contributed by atoms with Crippen molar-refractivity contribution in [3.8, 4) is 11.5 Å². The molecule has 4 unspecified atom stereocenters. The van der Waals surface area contributed by atoms with Gasteiger partial charge >= 0.3 is 5.97 Å². The third-order valence-electron chi connectivity index (χ3n) is 5.84. The first-order valence-corrected chi connectivity index (χ1v) is 12.0. The molecule has 2 rings (SSSR count). The number of carbonyl (C=O) groups excluding carboxylic acids is 3. The first-order valence-electron chi connectivity index (χ1n) is 12.0. The number of amides is 3. The standard InChI is InChI=1S/C26H34N4O8/c1-14(2)22(27)25(36)30-21(13-31)24(35)28-19(11-15-3-7-17(32)8-4-15)23(34)29-20(26(37)38)12-16-5-9-18(33)10-6-16/h3-10,14,19-22,31-33H,11-13,27H2,1-2H3,(H,28,35)(H,29,34)(H,30,36)(H,37,38). The summed E-state index contributed by atoms with van der Waals surface area (Å²) in [5.74, 6) is -3.91. The number of nitrogens with two attached hydrogens (primary N) is 1. The monoisotopic (exact) mass is 530 g/mol. The predicted octanol–water partition coefficient (Wildman–Crippen LogP) is -0.602. The second-order valence-corrected chi connectivity index (χ2v) is 9.22. The summed E-state index contributed by atoms with van der Waals surface area (Å²) in [6.45, 7) is 2.66. The van der Waals surface area contributed by atoms with Crippen molar-refractivity contribution in [3.63, 3.8) is 0 Å². The number of aliphatic carboxylic acids is 1. The Kier molecular flexibility index (Phi) is 11.0. The number of aliphatic hydroxyl groups is 1. The molecule has 206 valence electrons. The van der Waals surface area contributed by atoms with Crippen LogP contribution < -0.4 is 21.7 Å². The van der Waals surface area contributed by atoms with Crippen LogP contribution in [0.15, 0.2) is 48.5 Å². The topological polar surface area (TPSA) is 211 Å². The molecule has 0 aliphatic carbocycles. The number of rotatable bonds is 13. The summed E-state index contributed by atoms with van der Waals surface area (Å²) < 4.78 is 0. The van der Waals surface area contributed by atoms with Crippen LogP contribution >= 0.6 is 0 Å². The number of hydrogen-bond donors (Lipinski definition) is 8. The Balaban J connectivity index is 2.22. The maximum absolute atomic E-state index is 13.2. The van der Waals surface area contributed by atoms with E-state index in [9.17, 15) is 39.6 Å². The van der Waals surface area contributed by atoms with Crippen LogP contribution in [-0.4, -0.2) is 74.9 Å². The zero-order valence-corrected chi connectivity index (χ0v) is 21.1. The fraction of sp³-hybridized carbons (Fsp3) is 0.385. The van der Waals surface area contributed by atoms with Crippen LogP contribution in [0.5, 0.6) is 11.5 Å². The lowest BCUT2D eigenvalue weighted by Crippen LogP contribution is -2.59. The zero-order valence-electron chi connectivity index (χ0n) is 21.1. The molecule has 0 aromatic heterocycles. The average molecular weight is 531 g/mol. The van der Waals surface area contributed by atoms with Gasteiger partial charge in [-0.15, -0.1) is 0 Å². The summed E-state index contributed by atoms with van der Waals surface area (Å²) in [5, 5.41) is 45.6. The van der Waals surface area contributed by atoms with Crippen LogP contribution in [0.2, 0.25) is 0 Å². The maximum Gasteiger partial charge on any atom is 0.326 e. The Hall–Kier alpha value is -4.16. The van der Waals surface area contributed by atoms with Gasteiger partial charge in [-0.25, -0.2) is 4.79 Å². The average Bonchev–Trinajstić information content (AvgIpc) is 2.87. The van der Waals surface area contributed by atoms with E-state index in [2.05, 4.69) is 16.0 Å². The van der Waals surface area contributed by atoms with E-state index >= 15 is 0 Å². The van der Waals surface area contributed by atoms with Gasteiger partial charge in [0, 0.05) is 12.8 Å². The number of benzene rings is 2. The molecule has 0 saturated carbocycles. The molecule has 12 nitrogen and oxygen atoms in total. The van der Waals surface area contributed by atoms with Crippen LogP contribution in [0.25, 0.3) is 0 Å². The van der Waals surface area contributed by atoms with E-state index in [4.69, 9.17) is 5.73 Å². The molecule has 0 radical (unpaired) electrons. The van der Waals surface area contributed by atoms with Gasteiger partial charge in [-0.05, 0) is 41.3 Å². The zero-order chi connectivity index (χ0) is 28.4. The summed E-state index contributed by atoms with van der Waals surface area (Å²) in [6.07, 6.45) is -0.176. The highest BCUT2D eigenvalue weighted by atomic mass is 16.4. The second kappa shape index (κ2) is 14.0. The van der Waals surface area contributed by atoms with Crippen molar-refractivity contribution in [2.24, 2.45) is 11.7 Å². The summed E-state index contributed by atoms with van der Waals surface area (Å²) in [7, 11) is 0. The Morgan fingerprint density at radius 2 is 1.11 bits per heavy atom. The van der Waals surface area contributed by atoms with Gasteiger partial charge in [0.1, 0.15) is 29.6 Å². The summed E-state index contributed by atoms with van der Waals surface area (Å²) in [4.78, 5) is 50.3. The fourth-order valence-electron chi connectivity index (χ4n) is 3.45. The molecule has 12 heteroatoms. The van der Waals surface area contributed by atoms with E-state index in [-0.39, 0.29) is 30.3 Å². The van der Waals surface area contributed by atoms with E-state index in [1.54, 1.807) is 13.8 Å². The summed E-state index contributed by atoms with van der Waals surface area (Å²) >= 11 is 0. The third-order valence-corrected chi connectivity index (χ3v) is 5.84. The second-order valence-electron chi connectivity index (χ2n) is 9.22. The Bertz CT molecular complexity index is 1110. The molecule has 38 heavy (non-hydrogen) atoms. The van der Waals surface area contributed by atoms with Crippen molar-refractivity contribution in [1.29, 1.82) is 0 Å². The van der Waals surface area contributed by atoms with E-state index < -0.39 is 54.5 Å². The molecule has 9 N–H and O–H groups in total. The minimum atomic E-state index is -1.41. The highest BCUT2D eigenvalue weighted by Crippen LogP contribution is 2.14. The molecule has 4 atom stereocenters. The molecule has 2 aromatic rings. The lowest BCUT2D eigenvalue weighted by molar-refractivity contribution is -0.142. The first-order chi connectivity index (χ1) is 17.9. The van der Waals surface area contributed by atoms with Crippen molar-refractivity contribution < 1.29 is 39.6 Å². The van der Waals surface area contributed by atoms with Gasteiger partial charge in [-0.1, -0.05) is 38.1 Å². The predicted molar refractivity (Wildman–Crippen MR) is 137 cm³/mol. The Morgan fingerprint density at radius 3 is 1.53 bits per heavy atom. The molecule has 0 bridgehead atoms. The minimum absolute atomic E-state index is 0.00112. The number of carboxylic acid groups (broad SMARTS) is 1. The quantitative estimate of drug-likeness (QED) is 0.166. The highest BCUT2D eigenvalue weighted by molar-refractivity contribution is 5.94. The van der Waals surface area contributed by atoms with Crippen LogP contribution in [-0.2, 0) is 32.0 Å². The Morgan fingerprint density at radius 1 is 0.711 bits per heavy atom. The van der Waals surface area contributed by atoms with Crippen molar-refractivity contribution in [1.82, 2.24) is 16.0 Å². The molecule has 2 aromatic carbocycles. The minimum Gasteiger partial charge on any atom is -0.508 e. The summed E-state index contributed by atoms with van der Waals surface area (Å²) in [5.41, 5.74) is 6.88. The van der Waals surface area contributed by atoms with Gasteiger partial charge < -0.3 is 42.1 Å². The van der Waals surface area contributed by atoms with Crippen LogP contribution in [0.4, 0.5) is 0 Å². The van der Waals surface area contributed by atoms with Crippen LogP contribution in [0.1, 0.15) is 25.0 Å². The number of carbonyl (C=O) groups is 4. The van der Waals surface area contributed by atoms with E-state index in [0.29, 0.717) is 11.1 Å². The SMILES string of the molecule is CC(C)C(N)C(=O)NC(CO)C(=O)NC(Cc1ccc(O)cc1)C(=O)NC(Cc1ccc(O)cc1)C(=O)O. The number of aliphatic hydroxyl groups excluding tert-OH is 1. The van der Waals surface area contributed by atoms with E-state index in [0.717, 1.165) is 0 Å². The molecule has 3 amide bonds. The van der Waals surface area contributed by atoms with Gasteiger partial charge in [0.05, 0.1) is 12.6 Å². The number of phenols is 2. The number of carboxylic acids is 1.